The molecule has 1 amide bonds. The first-order valence-electron chi connectivity index (χ1n) is 4.64. The molecular weight excluding hydrogens is 190 g/mol. The maximum absolute atomic E-state index is 11.6. The molecule has 0 fully saturated rings. The normalized spacial score (nSPS) is 9.33. The van der Waals surface area contributed by atoms with Crippen molar-refractivity contribution < 1.29 is 9.90 Å². The number of carbonyl (C=O) groups excluding carboxylic acids is 1. The van der Waals surface area contributed by atoms with Crippen LogP contribution in [-0.2, 0) is 4.79 Å². The van der Waals surface area contributed by atoms with Gasteiger partial charge in [0.2, 0.25) is 5.91 Å². The van der Waals surface area contributed by atoms with Crippen molar-refractivity contribution in [2.45, 2.75) is 12.8 Å². The van der Waals surface area contributed by atoms with Crippen molar-refractivity contribution in [3.05, 3.63) is 24.3 Å². The van der Waals surface area contributed by atoms with Crippen molar-refractivity contribution in [2.75, 3.05) is 11.9 Å². The molecule has 78 valence electrons. The van der Waals surface area contributed by atoms with Crippen LogP contribution >= 0.6 is 0 Å². The first-order chi connectivity index (χ1) is 7.15. The number of phenolic OH excluding ortho intramolecular Hbond substituents is 1. The van der Waals surface area contributed by atoms with Gasteiger partial charge in [-0.1, -0.05) is 0 Å². The summed E-state index contributed by atoms with van der Waals surface area (Å²) in [6.07, 6.45) is 5.87. The van der Waals surface area contributed by atoms with Crippen LogP contribution in [0.5, 0.6) is 5.75 Å². The standard InChI is InChI=1S/C12H13NO2/c1-3-4-5-12(15)13(2)10-6-8-11(14)9-7-10/h1,6-9,14H,4-5H2,2H3. The van der Waals surface area contributed by atoms with Gasteiger partial charge in [0, 0.05) is 25.6 Å². The Bertz CT molecular complexity index is 376. The molecule has 1 aromatic carbocycles. The molecule has 0 saturated heterocycles. The highest BCUT2D eigenvalue weighted by Crippen LogP contribution is 2.17. The van der Waals surface area contributed by atoms with Crippen LogP contribution < -0.4 is 4.90 Å². The van der Waals surface area contributed by atoms with Gasteiger partial charge in [-0.3, -0.25) is 4.79 Å². The van der Waals surface area contributed by atoms with Crippen molar-refractivity contribution in [3.63, 3.8) is 0 Å². The number of amides is 1. The van der Waals surface area contributed by atoms with Crippen LogP contribution in [0.15, 0.2) is 24.3 Å². The fourth-order valence-electron chi connectivity index (χ4n) is 1.17. The maximum atomic E-state index is 11.6. The lowest BCUT2D eigenvalue weighted by molar-refractivity contribution is -0.118. The highest BCUT2D eigenvalue weighted by atomic mass is 16.3. The molecule has 0 aliphatic rings. The fraction of sp³-hybridized carbons (Fsp3) is 0.250. The van der Waals surface area contributed by atoms with Crippen LogP contribution in [0, 0.1) is 12.3 Å². The third-order valence-corrected chi connectivity index (χ3v) is 2.09. The minimum Gasteiger partial charge on any atom is -0.508 e. The van der Waals surface area contributed by atoms with Gasteiger partial charge in [0.25, 0.3) is 0 Å². The summed E-state index contributed by atoms with van der Waals surface area (Å²) in [5.74, 6) is 2.58. The molecule has 1 aromatic rings. The van der Waals surface area contributed by atoms with Gasteiger partial charge in [0.1, 0.15) is 5.75 Å². The van der Waals surface area contributed by atoms with Gasteiger partial charge in [-0.05, 0) is 24.3 Å². The Kier molecular flexibility index (Phi) is 3.75. The number of hydrogen-bond donors (Lipinski definition) is 1. The molecule has 0 aromatic heterocycles. The van der Waals surface area contributed by atoms with Crippen molar-refractivity contribution >= 4 is 11.6 Å². The van der Waals surface area contributed by atoms with Gasteiger partial charge in [0.15, 0.2) is 0 Å². The quantitative estimate of drug-likeness (QED) is 0.760. The van der Waals surface area contributed by atoms with E-state index in [0.29, 0.717) is 12.8 Å². The van der Waals surface area contributed by atoms with E-state index in [1.165, 1.54) is 4.90 Å². The largest absolute Gasteiger partial charge is 0.508 e. The molecule has 3 nitrogen and oxygen atoms in total. The number of hydrogen-bond acceptors (Lipinski definition) is 2. The monoisotopic (exact) mass is 203 g/mol. The second-order valence-electron chi connectivity index (χ2n) is 3.17. The van der Waals surface area contributed by atoms with Crippen molar-refractivity contribution in [1.29, 1.82) is 0 Å². The molecule has 0 aliphatic carbocycles. The average Bonchev–Trinajstić information content (AvgIpc) is 2.26. The van der Waals surface area contributed by atoms with Crippen LogP contribution in [0.3, 0.4) is 0 Å². The third kappa shape index (κ3) is 3.03. The molecule has 0 atom stereocenters. The number of phenols is 1. The van der Waals surface area contributed by atoms with Crippen molar-refractivity contribution in [1.82, 2.24) is 0 Å². The summed E-state index contributed by atoms with van der Waals surface area (Å²) in [5.41, 5.74) is 0.745. The van der Waals surface area contributed by atoms with E-state index in [1.807, 2.05) is 0 Å². The maximum Gasteiger partial charge on any atom is 0.227 e. The number of carbonyl (C=O) groups is 1. The smallest absolute Gasteiger partial charge is 0.227 e. The van der Waals surface area contributed by atoms with Gasteiger partial charge < -0.3 is 10.0 Å². The van der Waals surface area contributed by atoms with E-state index in [0.717, 1.165) is 5.69 Å². The lowest BCUT2D eigenvalue weighted by Crippen LogP contribution is -2.25. The van der Waals surface area contributed by atoms with Crippen LogP contribution in [-0.4, -0.2) is 18.1 Å². The number of rotatable bonds is 3. The number of nitrogens with zero attached hydrogens (tertiary/aromatic N) is 1. The first-order valence-corrected chi connectivity index (χ1v) is 4.64. The summed E-state index contributed by atoms with van der Waals surface area (Å²) < 4.78 is 0. The minimum atomic E-state index is -0.0290. The molecule has 0 heterocycles. The van der Waals surface area contributed by atoms with Crippen LogP contribution in [0.4, 0.5) is 5.69 Å². The average molecular weight is 203 g/mol. The molecule has 0 saturated carbocycles. The molecule has 15 heavy (non-hydrogen) atoms. The Balaban J connectivity index is 2.68. The highest BCUT2D eigenvalue weighted by Gasteiger charge is 2.09. The van der Waals surface area contributed by atoms with E-state index < -0.39 is 0 Å². The van der Waals surface area contributed by atoms with Gasteiger partial charge in [0.05, 0.1) is 0 Å². The van der Waals surface area contributed by atoms with E-state index in [2.05, 4.69) is 5.92 Å². The number of anilines is 1. The topological polar surface area (TPSA) is 40.5 Å². The van der Waals surface area contributed by atoms with E-state index in [-0.39, 0.29) is 11.7 Å². The SMILES string of the molecule is C#CCCC(=O)N(C)c1ccc(O)cc1. The van der Waals surface area contributed by atoms with Crippen LogP contribution in [0.2, 0.25) is 0 Å². The van der Waals surface area contributed by atoms with Crippen LogP contribution in [0.25, 0.3) is 0 Å². The van der Waals surface area contributed by atoms with Gasteiger partial charge in [-0.25, -0.2) is 0 Å². The van der Waals surface area contributed by atoms with Gasteiger partial charge in [-0.2, -0.15) is 0 Å². The molecule has 1 N–H and O–H groups in total. The van der Waals surface area contributed by atoms with Crippen molar-refractivity contribution in [3.8, 4) is 18.1 Å². The molecule has 0 radical (unpaired) electrons. The molecular formula is C12H13NO2. The molecule has 3 heteroatoms. The zero-order chi connectivity index (χ0) is 11.3. The van der Waals surface area contributed by atoms with Crippen LogP contribution in [0.1, 0.15) is 12.8 Å². The molecule has 0 aliphatic heterocycles. The third-order valence-electron chi connectivity index (χ3n) is 2.09. The summed E-state index contributed by atoms with van der Waals surface area (Å²) in [4.78, 5) is 13.1. The summed E-state index contributed by atoms with van der Waals surface area (Å²) in [7, 11) is 1.69. The number of benzene rings is 1. The second-order valence-corrected chi connectivity index (χ2v) is 3.17. The second kappa shape index (κ2) is 5.06. The Hall–Kier alpha value is -1.95. The van der Waals surface area contributed by atoms with Crippen molar-refractivity contribution in [2.24, 2.45) is 0 Å². The zero-order valence-corrected chi connectivity index (χ0v) is 8.60. The highest BCUT2D eigenvalue weighted by molar-refractivity contribution is 5.92. The molecule has 0 spiro atoms. The number of aromatic hydroxyl groups is 1. The van der Waals surface area contributed by atoms with Gasteiger partial charge >= 0.3 is 0 Å². The molecule has 0 unspecified atom stereocenters. The minimum absolute atomic E-state index is 0.0290. The Morgan fingerprint density at radius 3 is 2.60 bits per heavy atom. The van der Waals surface area contributed by atoms with E-state index >= 15 is 0 Å². The summed E-state index contributed by atoms with van der Waals surface area (Å²) in [6.45, 7) is 0. The summed E-state index contributed by atoms with van der Waals surface area (Å²) in [5, 5.41) is 9.09. The first kappa shape index (κ1) is 11.1. The predicted octanol–water partition coefficient (Wildman–Crippen LogP) is 1.77. The van der Waals surface area contributed by atoms with E-state index in [4.69, 9.17) is 11.5 Å². The number of terminal acetylenes is 1. The Labute approximate surface area is 89.3 Å². The zero-order valence-electron chi connectivity index (χ0n) is 8.60. The van der Waals surface area contributed by atoms with E-state index in [9.17, 15) is 4.79 Å². The van der Waals surface area contributed by atoms with E-state index in [1.54, 1.807) is 31.3 Å². The van der Waals surface area contributed by atoms with Gasteiger partial charge in [-0.15, -0.1) is 12.3 Å². The molecule has 1 rings (SSSR count). The Morgan fingerprint density at radius 1 is 1.47 bits per heavy atom. The lowest BCUT2D eigenvalue weighted by atomic mass is 10.2. The summed E-state index contributed by atoms with van der Waals surface area (Å²) >= 11 is 0. The predicted molar refractivity (Wildman–Crippen MR) is 59.6 cm³/mol. The Morgan fingerprint density at radius 2 is 2.07 bits per heavy atom. The fourth-order valence-corrected chi connectivity index (χ4v) is 1.17. The lowest BCUT2D eigenvalue weighted by Gasteiger charge is -2.16. The summed E-state index contributed by atoms with van der Waals surface area (Å²) in [6, 6.07) is 6.45. The molecule has 0 bridgehead atoms.